The molecule has 478 valence electrons. The van der Waals surface area contributed by atoms with E-state index in [4.69, 9.17) is 55.2 Å². The lowest BCUT2D eigenvalue weighted by Gasteiger charge is -2.42. The molecule has 2 fully saturated rings. The fraction of sp³-hybridized carbons (Fsp3) is 0.574. The third kappa shape index (κ3) is 18.3. The summed E-state index contributed by atoms with van der Waals surface area (Å²) in [7, 11) is 8.69. The monoisotopic (exact) mass is 1240 g/mol. The number of epoxide rings is 1. The van der Waals surface area contributed by atoms with E-state index in [9.17, 15) is 43.5 Å². The number of amides is 6. The smallest absolute Gasteiger partial charge is 0.412 e. The zero-order chi connectivity index (χ0) is 63.9. The topological polar surface area (TPSA) is 309 Å². The van der Waals surface area contributed by atoms with Gasteiger partial charge in [0.15, 0.2) is 17.3 Å². The Morgan fingerprint density at radius 2 is 1.71 bits per heavy atom. The number of carbonyl (C=O) groups excluding carboxylic acids is 8. The minimum absolute atomic E-state index is 0.0145. The average molecular weight is 1240 g/mol. The molecule has 25 nitrogen and oxygen atoms in total. The summed E-state index contributed by atoms with van der Waals surface area (Å²) in [5.41, 5.74) is 5.84. The molecule has 2 aromatic carbocycles. The van der Waals surface area contributed by atoms with Crippen molar-refractivity contribution >= 4 is 70.9 Å². The van der Waals surface area contributed by atoms with Gasteiger partial charge in [-0.3, -0.25) is 19.7 Å². The van der Waals surface area contributed by atoms with Crippen LogP contribution in [0.25, 0.3) is 0 Å². The Kier molecular flexibility index (Phi) is 24.4. The van der Waals surface area contributed by atoms with E-state index in [0.717, 1.165) is 35.3 Å². The number of carbonyl (C=O) groups is 8. The molecule has 3 aliphatic heterocycles. The Morgan fingerprint density at radius 1 is 1.00 bits per heavy atom. The van der Waals surface area contributed by atoms with Crippen molar-refractivity contribution in [2.75, 3.05) is 78.9 Å². The highest BCUT2D eigenvalue weighted by molar-refractivity contribution is 6.35. The summed E-state index contributed by atoms with van der Waals surface area (Å²) >= 11 is 6.83. The number of nitrogens with one attached hydrogen (secondary N) is 3. The number of Topliss-reactive ketones (excluding diaryl/α,β-unsaturated/α-hetero) is 1. The molecule has 2 aromatic rings. The molecule has 6 N–H and O–H groups in total. The average Bonchev–Trinajstić information content (AvgIpc) is 1.59. The number of alkyl carbamates (subject to hydrolysis) is 1. The number of nitrogens with zero attached hydrogens (tertiary/aromatic N) is 4. The van der Waals surface area contributed by atoms with Gasteiger partial charge in [0.25, 0.3) is 0 Å². The maximum absolute atomic E-state index is 14.4. The molecule has 1 unspecified atom stereocenters. The molecular weight excluding hydrogens is 1150 g/mol. The van der Waals surface area contributed by atoms with Crippen LogP contribution in [0.2, 0.25) is 5.02 Å². The highest BCUT2D eigenvalue weighted by Crippen LogP contribution is 2.49. The van der Waals surface area contributed by atoms with Crippen molar-refractivity contribution in [3.05, 3.63) is 82.4 Å². The van der Waals surface area contributed by atoms with E-state index >= 15 is 0 Å². The number of allylic oxidation sites excluding steroid dienone is 4. The SMILES string of the molecule is CCC(=O)CNc1cc(COC(=O)N(C)CCN(C)C(=O)OCCC(=O)N(C)[C@@H](C)C(=O)O[C@H]2CC(=O)N(C)c3cc(cc(OC)c3Cl)C/C(C)=C/C=C/[C@@H](OC)[C@@]3(O)C[C@H](OC(=O)N3)[C@@H](C)[C@@H]3O[C@@]23C)ccc1OC(=O)NC1CCCC/C=C/[C@@H]1N. The van der Waals surface area contributed by atoms with Gasteiger partial charge in [-0.05, 0) is 81.8 Å². The number of benzene rings is 2. The minimum atomic E-state index is -1.90. The number of methoxy groups -OCH3 is 2. The number of fused-ring (bicyclic) bond motifs is 5. The molecule has 6 rings (SSSR count). The number of esters is 1. The van der Waals surface area contributed by atoms with Crippen LogP contribution in [-0.4, -0.2) is 190 Å². The number of ketones is 1. The number of anilines is 2. The maximum Gasteiger partial charge on any atom is 0.412 e. The Balaban J connectivity index is 1.03. The first-order chi connectivity index (χ1) is 41.2. The lowest BCUT2D eigenvalue weighted by atomic mass is 9.83. The molecule has 3 heterocycles. The van der Waals surface area contributed by atoms with Crippen molar-refractivity contribution in [1.29, 1.82) is 0 Å². The maximum atomic E-state index is 14.4. The Labute approximate surface area is 513 Å². The van der Waals surface area contributed by atoms with E-state index in [0.29, 0.717) is 35.5 Å². The molecule has 0 radical (unpaired) electrons. The number of halogens is 1. The van der Waals surface area contributed by atoms with Gasteiger partial charge in [0.2, 0.25) is 11.8 Å². The van der Waals surface area contributed by atoms with Crippen molar-refractivity contribution < 1.29 is 81.4 Å². The van der Waals surface area contributed by atoms with Crippen LogP contribution >= 0.6 is 11.6 Å². The van der Waals surface area contributed by atoms with E-state index in [2.05, 4.69) is 16.0 Å². The second-order valence-electron chi connectivity index (χ2n) is 22.7. The van der Waals surface area contributed by atoms with Crippen LogP contribution in [0.1, 0.15) is 97.1 Å². The summed E-state index contributed by atoms with van der Waals surface area (Å²) in [6, 6.07) is 6.33. The van der Waals surface area contributed by atoms with Crippen LogP contribution in [-0.2, 0) is 60.6 Å². The number of aliphatic hydroxyl groups is 1. The summed E-state index contributed by atoms with van der Waals surface area (Å²) in [4.78, 5) is 111. The number of rotatable bonds is 19. The second kappa shape index (κ2) is 30.9. The van der Waals surface area contributed by atoms with Crippen LogP contribution in [0, 0.1) is 5.92 Å². The summed E-state index contributed by atoms with van der Waals surface area (Å²) in [5.74, 6) is -2.23. The molecule has 1 aliphatic carbocycles. The predicted molar refractivity (Wildman–Crippen MR) is 321 cm³/mol. The van der Waals surface area contributed by atoms with Gasteiger partial charge < -0.3 is 79.0 Å². The standard InChI is InChI=1S/C61H85ClN8O17/c1-12-41(71)34-64-44-29-39(22-23-46(44)84-56(75)65-43-20-16-14-13-15-19-42(43)63)35-83-59(78)68(7)26-25-67(6)58(77)82-27-24-51(72)69(8)38(4)55(74)86-50-32-52(73)70(9)45-30-40(31-47(80-10)53(45)62)28-36(2)18-17-21-49(81-11)61(79)33-48(85-57(76)66-61)37(3)54-60(50,5)87-54/h15,17-19,21-23,29-31,37-38,42-43,48-50,54,64,79H,12-14,16,20,24-28,32-35,63H2,1-11H3,(H,65,75)(H,66,76)/b19-15+,21-17+,36-18+/t37-,38+,42+,43?,48+,49-,50+,54+,60+,61+/m1/s1. The zero-order valence-electron chi connectivity index (χ0n) is 51.5. The van der Waals surface area contributed by atoms with Crippen molar-refractivity contribution in [1.82, 2.24) is 25.3 Å². The van der Waals surface area contributed by atoms with Gasteiger partial charge in [-0.25, -0.2) is 24.0 Å². The summed E-state index contributed by atoms with van der Waals surface area (Å²) in [6.45, 7) is 7.93. The van der Waals surface area contributed by atoms with E-state index in [-0.39, 0.29) is 80.7 Å². The lowest BCUT2D eigenvalue weighted by Crippen LogP contribution is -2.63. The quantitative estimate of drug-likeness (QED) is 0.0431. The second-order valence-corrected chi connectivity index (χ2v) is 23.1. The van der Waals surface area contributed by atoms with Crippen LogP contribution in [0.5, 0.6) is 11.5 Å². The van der Waals surface area contributed by atoms with Gasteiger partial charge in [-0.1, -0.05) is 73.9 Å². The lowest BCUT2D eigenvalue weighted by molar-refractivity contribution is -0.162. The van der Waals surface area contributed by atoms with E-state index < -0.39 is 96.3 Å². The van der Waals surface area contributed by atoms with Gasteiger partial charge in [0, 0.05) is 73.2 Å². The molecule has 0 saturated carbocycles. The third-order valence-electron chi connectivity index (χ3n) is 16.2. The van der Waals surface area contributed by atoms with Crippen molar-refractivity contribution in [2.24, 2.45) is 11.7 Å². The van der Waals surface area contributed by atoms with Crippen molar-refractivity contribution in [3.63, 3.8) is 0 Å². The molecule has 2 saturated heterocycles. The molecule has 26 heteroatoms. The molecule has 10 atom stereocenters. The van der Waals surface area contributed by atoms with E-state index in [1.54, 1.807) is 57.2 Å². The Hall–Kier alpha value is -7.45. The van der Waals surface area contributed by atoms with Gasteiger partial charge in [-0.15, -0.1) is 0 Å². The first-order valence-electron chi connectivity index (χ1n) is 29.1. The number of hydrogen-bond acceptors (Lipinski definition) is 19. The summed E-state index contributed by atoms with van der Waals surface area (Å²) < 4.78 is 46.0. The fourth-order valence-corrected chi connectivity index (χ4v) is 10.6. The Bertz CT molecular complexity index is 2930. The largest absolute Gasteiger partial charge is 0.495 e. The third-order valence-corrected chi connectivity index (χ3v) is 16.6. The normalized spacial score (nSPS) is 26.4. The molecule has 4 bridgehead atoms. The summed E-state index contributed by atoms with van der Waals surface area (Å²) in [6.07, 6.45) is 5.24. The Morgan fingerprint density at radius 3 is 2.40 bits per heavy atom. The van der Waals surface area contributed by atoms with Crippen molar-refractivity contribution in [2.45, 2.75) is 153 Å². The van der Waals surface area contributed by atoms with Crippen LogP contribution in [0.15, 0.2) is 66.3 Å². The van der Waals surface area contributed by atoms with Crippen LogP contribution in [0.3, 0.4) is 0 Å². The predicted octanol–water partition coefficient (Wildman–Crippen LogP) is 6.55. The van der Waals surface area contributed by atoms with Crippen LogP contribution < -0.4 is 36.1 Å². The molecule has 6 amide bonds. The molecule has 87 heavy (non-hydrogen) atoms. The molecule has 4 aliphatic rings. The first kappa shape index (κ1) is 68.7. The molecule has 0 spiro atoms. The number of likely N-dealkylation sites (N-methyl/N-ethyl adjacent to an activating group) is 3. The highest BCUT2D eigenvalue weighted by atomic mass is 35.5. The van der Waals surface area contributed by atoms with E-state index in [1.165, 1.54) is 70.1 Å². The van der Waals surface area contributed by atoms with Crippen molar-refractivity contribution in [3.8, 4) is 11.5 Å². The van der Waals surface area contributed by atoms with Gasteiger partial charge in [-0.2, -0.15) is 0 Å². The first-order valence-corrected chi connectivity index (χ1v) is 29.5. The van der Waals surface area contributed by atoms with Gasteiger partial charge in [0.05, 0.1) is 50.0 Å². The minimum Gasteiger partial charge on any atom is -0.495 e. The number of hydrogen-bond donors (Lipinski definition) is 5. The molecule has 0 aromatic heterocycles. The number of ether oxygens (including phenoxy) is 8. The zero-order valence-corrected chi connectivity index (χ0v) is 52.3. The van der Waals surface area contributed by atoms with Crippen LogP contribution in [0.4, 0.5) is 30.6 Å². The number of nitrogens with two attached hydrogens (primary N) is 1. The van der Waals surface area contributed by atoms with E-state index in [1.807, 2.05) is 25.2 Å². The summed E-state index contributed by atoms with van der Waals surface area (Å²) in [5, 5.41) is 20.4. The van der Waals surface area contributed by atoms with Gasteiger partial charge in [0.1, 0.15) is 53.9 Å². The molecular formula is C61H85ClN8O17. The highest BCUT2D eigenvalue weighted by Gasteiger charge is 2.64. The fourth-order valence-electron chi connectivity index (χ4n) is 10.3. The van der Waals surface area contributed by atoms with Gasteiger partial charge >= 0.3 is 30.3 Å².